The van der Waals surface area contributed by atoms with Crippen molar-refractivity contribution in [2.75, 3.05) is 11.5 Å². The summed E-state index contributed by atoms with van der Waals surface area (Å²) in [6, 6.07) is 8.63. The lowest BCUT2D eigenvalue weighted by molar-refractivity contribution is 0.464. The van der Waals surface area contributed by atoms with E-state index in [9.17, 15) is 16.8 Å². The second-order valence-corrected chi connectivity index (χ2v) is 9.38. The standard InChI is InChI=1S/C14H15NO5S2/c16-21(17)9-6-12(7-10-21)22(18,19)20-13-5-1-3-11-4-2-8-15-14(11)13/h1-5,8,12H,6-7,9-10H2. The summed E-state index contributed by atoms with van der Waals surface area (Å²) in [5.74, 6) is -0.0613. The van der Waals surface area contributed by atoms with Gasteiger partial charge in [0.15, 0.2) is 5.75 Å². The first-order valence-corrected chi connectivity index (χ1v) is 10.1. The average Bonchev–Trinajstić information content (AvgIpc) is 2.47. The van der Waals surface area contributed by atoms with E-state index in [1.807, 2.05) is 12.1 Å². The van der Waals surface area contributed by atoms with Gasteiger partial charge in [-0.15, -0.1) is 0 Å². The van der Waals surface area contributed by atoms with Gasteiger partial charge in [0.25, 0.3) is 0 Å². The van der Waals surface area contributed by atoms with Crippen molar-refractivity contribution >= 4 is 30.9 Å². The number of benzene rings is 1. The molecule has 3 rings (SSSR count). The van der Waals surface area contributed by atoms with Crippen LogP contribution in [0.1, 0.15) is 12.8 Å². The second-order valence-electron chi connectivity index (χ2n) is 5.26. The highest BCUT2D eigenvalue weighted by Crippen LogP contribution is 2.27. The summed E-state index contributed by atoms with van der Waals surface area (Å²) in [4.78, 5) is 4.15. The van der Waals surface area contributed by atoms with Crippen molar-refractivity contribution in [1.82, 2.24) is 4.98 Å². The lowest BCUT2D eigenvalue weighted by Gasteiger charge is -2.21. The Morgan fingerprint density at radius 1 is 1.09 bits per heavy atom. The Labute approximate surface area is 129 Å². The molecule has 0 bridgehead atoms. The maximum absolute atomic E-state index is 12.4. The molecule has 1 aliphatic rings. The summed E-state index contributed by atoms with van der Waals surface area (Å²) >= 11 is 0. The molecule has 0 N–H and O–H groups in total. The lowest BCUT2D eigenvalue weighted by Crippen LogP contribution is -2.35. The number of nitrogens with zero attached hydrogens (tertiary/aromatic N) is 1. The molecule has 0 unspecified atom stereocenters. The lowest BCUT2D eigenvalue weighted by atomic mass is 10.2. The van der Waals surface area contributed by atoms with E-state index in [-0.39, 0.29) is 30.1 Å². The minimum atomic E-state index is -3.88. The van der Waals surface area contributed by atoms with E-state index < -0.39 is 25.2 Å². The molecule has 0 atom stereocenters. The molecule has 0 saturated carbocycles. The normalized spacial score (nSPS) is 19.1. The molecule has 0 amide bonds. The average molecular weight is 341 g/mol. The zero-order chi connectivity index (χ0) is 15.8. The summed E-state index contributed by atoms with van der Waals surface area (Å²) in [6.07, 6.45) is 1.71. The van der Waals surface area contributed by atoms with Crippen molar-refractivity contribution in [2.45, 2.75) is 18.1 Å². The highest BCUT2D eigenvalue weighted by molar-refractivity contribution is 7.92. The van der Waals surface area contributed by atoms with Gasteiger partial charge in [-0.2, -0.15) is 8.42 Å². The third-order valence-electron chi connectivity index (χ3n) is 3.71. The van der Waals surface area contributed by atoms with Crippen molar-refractivity contribution in [1.29, 1.82) is 0 Å². The van der Waals surface area contributed by atoms with E-state index in [0.717, 1.165) is 5.39 Å². The van der Waals surface area contributed by atoms with Gasteiger partial charge in [0.05, 0.1) is 16.8 Å². The molecule has 1 aromatic heterocycles. The molecular formula is C14H15NO5S2. The number of pyridine rings is 1. The summed E-state index contributed by atoms with van der Waals surface area (Å²) in [6.45, 7) is 0. The first kappa shape index (κ1) is 15.2. The Kier molecular flexibility index (Phi) is 3.82. The van der Waals surface area contributed by atoms with Crippen LogP contribution in [0.25, 0.3) is 10.9 Å². The molecule has 0 radical (unpaired) electrons. The molecule has 2 aromatic rings. The van der Waals surface area contributed by atoms with Crippen LogP contribution in [-0.4, -0.2) is 38.6 Å². The Bertz CT molecular complexity index is 886. The van der Waals surface area contributed by atoms with Gasteiger partial charge in [0, 0.05) is 11.6 Å². The zero-order valence-electron chi connectivity index (χ0n) is 11.7. The van der Waals surface area contributed by atoms with Crippen LogP contribution in [-0.2, 0) is 20.0 Å². The van der Waals surface area contributed by atoms with Gasteiger partial charge >= 0.3 is 10.1 Å². The number of rotatable bonds is 3. The van der Waals surface area contributed by atoms with Gasteiger partial charge in [-0.05, 0) is 25.0 Å². The second kappa shape index (κ2) is 5.51. The van der Waals surface area contributed by atoms with Crippen LogP contribution in [0.15, 0.2) is 36.5 Å². The predicted octanol–water partition coefficient (Wildman–Crippen LogP) is 1.52. The molecule has 1 fully saturated rings. The number of para-hydroxylation sites is 1. The summed E-state index contributed by atoms with van der Waals surface area (Å²) in [5.41, 5.74) is 0.469. The summed E-state index contributed by atoms with van der Waals surface area (Å²) in [5, 5.41) is -0.0172. The Morgan fingerprint density at radius 3 is 2.50 bits per heavy atom. The molecule has 22 heavy (non-hydrogen) atoms. The van der Waals surface area contributed by atoms with Gasteiger partial charge in [-0.25, -0.2) is 8.42 Å². The van der Waals surface area contributed by atoms with E-state index >= 15 is 0 Å². The SMILES string of the molecule is O=S1(=O)CCC(S(=O)(=O)Oc2cccc3cccnc23)CC1. The Hall–Kier alpha value is -1.67. The van der Waals surface area contributed by atoms with Crippen molar-refractivity contribution < 1.29 is 21.0 Å². The van der Waals surface area contributed by atoms with E-state index in [4.69, 9.17) is 4.18 Å². The smallest absolute Gasteiger partial charge is 0.312 e. The Balaban J connectivity index is 1.88. The van der Waals surface area contributed by atoms with Crippen LogP contribution in [0.5, 0.6) is 5.75 Å². The zero-order valence-corrected chi connectivity index (χ0v) is 13.3. The first-order chi connectivity index (χ1) is 10.4. The first-order valence-electron chi connectivity index (χ1n) is 6.85. The number of fused-ring (bicyclic) bond motifs is 1. The molecule has 6 nitrogen and oxygen atoms in total. The van der Waals surface area contributed by atoms with E-state index in [1.54, 1.807) is 24.4 Å². The monoisotopic (exact) mass is 341 g/mol. The molecule has 0 spiro atoms. The fraction of sp³-hybridized carbons (Fsp3) is 0.357. The van der Waals surface area contributed by atoms with Crippen molar-refractivity contribution in [2.24, 2.45) is 0 Å². The summed E-state index contributed by atoms with van der Waals surface area (Å²) in [7, 11) is -7.00. The van der Waals surface area contributed by atoms with Gasteiger partial charge < -0.3 is 4.18 Å². The maximum Gasteiger partial charge on any atom is 0.312 e. The molecule has 8 heteroatoms. The predicted molar refractivity (Wildman–Crippen MR) is 83.0 cm³/mol. The van der Waals surface area contributed by atoms with Gasteiger partial charge in [0.2, 0.25) is 0 Å². The largest absolute Gasteiger partial charge is 0.380 e. The maximum atomic E-state index is 12.4. The van der Waals surface area contributed by atoms with E-state index in [1.165, 1.54) is 0 Å². The third-order valence-corrected chi connectivity index (χ3v) is 7.13. The molecule has 1 aliphatic heterocycles. The third kappa shape index (κ3) is 3.07. The van der Waals surface area contributed by atoms with Gasteiger partial charge in [-0.3, -0.25) is 4.98 Å². The highest BCUT2D eigenvalue weighted by Gasteiger charge is 2.34. The molecule has 118 valence electrons. The van der Waals surface area contributed by atoms with Crippen LogP contribution in [0.4, 0.5) is 0 Å². The van der Waals surface area contributed by atoms with Crippen LogP contribution in [0, 0.1) is 0 Å². The summed E-state index contributed by atoms with van der Waals surface area (Å²) < 4.78 is 52.8. The van der Waals surface area contributed by atoms with Gasteiger partial charge in [-0.1, -0.05) is 18.2 Å². The van der Waals surface area contributed by atoms with Crippen LogP contribution in [0.3, 0.4) is 0 Å². The van der Waals surface area contributed by atoms with E-state index in [2.05, 4.69) is 4.98 Å². The topological polar surface area (TPSA) is 90.4 Å². The molecular weight excluding hydrogens is 326 g/mol. The number of hydrogen-bond acceptors (Lipinski definition) is 6. The molecule has 1 aromatic carbocycles. The van der Waals surface area contributed by atoms with Crippen LogP contribution in [0.2, 0.25) is 0 Å². The Morgan fingerprint density at radius 2 is 1.77 bits per heavy atom. The van der Waals surface area contributed by atoms with Gasteiger partial charge in [0.1, 0.15) is 15.4 Å². The molecule has 1 saturated heterocycles. The molecule has 2 heterocycles. The number of sulfone groups is 1. The van der Waals surface area contributed by atoms with Crippen molar-refractivity contribution in [3.8, 4) is 5.75 Å². The van der Waals surface area contributed by atoms with Crippen molar-refractivity contribution in [3.63, 3.8) is 0 Å². The van der Waals surface area contributed by atoms with Crippen molar-refractivity contribution in [3.05, 3.63) is 36.5 Å². The minimum absolute atomic E-state index is 0.0723. The number of hydrogen-bond donors (Lipinski definition) is 0. The minimum Gasteiger partial charge on any atom is -0.380 e. The van der Waals surface area contributed by atoms with Crippen LogP contribution < -0.4 is 4.18 Å². The highest BCUT2D eigenvalue weighted by atomic mass is 32.2. The van der Waals surface area contributed by atoms with Crippen LogP contribution >= 0.6 is 0 Å². The fourth-order valence-corrected chi connectivity index (χ4v) is 5.62. The quantitative estimate of drug-likeness (QED) is 0.786. The molecule has 0 aliphatic carbocycles. The van der Waals surface area contributed by atoms with E-state index in [0.29, 0.717) is 5.52 Å². The number of aromatic nitrogens is 1. The fourth-order valence-electron chi connectivity index (χ4n) is 2.49.